The molecule has 2 fully saturated rings. The SMILES string of the molecule is Cc1cc(N2CCCC2)n2nc(CN3CCN(c4ccccc4C)CC3)nc2n1. The first-order chi connectivity index (χ1) is 14.2. The van der Waals surface area contributed by atoms with Gasteiger partial charge in [0, 0.05) is 56.7 Å². The summed E-state index contributed by atoms with van der Waals surface area (Å²) < 4.78 is 1.94. The van der Waals surface area contributed by atoms with Crippen LogP contribution in [0.4, 0.5) is 11.5 Å². The molecule has 0 saturated carbocycles. The minimum absolute atomic E-state index is 0.723. The predicted octanol–water partition coefficient (Wildman–Crippen LogP) is 2.66. The van der Waals surface area contributed by atoms with Crippen molar-refractivity contribution in [3.63, 3.8) is 0 Å². The molecule has 0 bridgehead atoms. The average molecular weight is 392 g/mol. The number of hydrogen-bond acceptors (Lipinski definition) is 6. The Hall–Kier alpha value is -2.67. The molecule has 7 heteroatoms. The molecule has 7 nitrogen and oxygen atoms in total. The predicted molar refractivity (Wildman–Crippen MR) is 116 cm³/mol. The van der Waals surface area contributed by atoms with Crippen molar-refractivity contribution in [1.29, 1.82) is 0 Å². The molecule has 2 saturated heterocycles. The van der Waals surface area contributed by atoms with Crippen LogP contribution in [0.15, 0.2) is 30.3 Å². The van der Waals surface area contributed by atoms with Gasteiger partial charge in [0.05, 0.1) is 6.54 Å². The molecule has 2 aromatic heterocycles. The lowest BCUT2D eigenvalue weighted by molar-refractivity contribution is 0.244. The van der Waals surface area contributed by atoms with Crippen molar-refractivity contribution >= 4 is 17.3 Å². The highest BCUT2D eigenvalue weighted by Gasteiger charge is 2.22. The van der Waals surface area contributed by atoms with Gasteiger partial charge in [-0.15, -0.1) is 5.10 Å². The van der Waals surface area contributed by atoms with Gasteiger partial charge in [-0.1, -0.05) is 18.2 Å². The van der Waals surface area contributed by atoms with Gasteiger partial charge in [0.2, 0.25) is 0 Å². The van der Waals surface area contributed by atoms with Crippen LogP contribution in [0.25, 0.3) is 5.78 Å². The van der Waals surface area contributed by atoms with Crippen LogP contribution in [-0.2, 0) is 6.54 Å². The second kappa shape index (κ2) is 7.63. The summed E-state index contributed by atoms with van der Waals surface area (Å²) in [7, 11) is 0. The second-order valence-corrected chi connectivity index (χ2v) is 8.24. The van der Waals surface area contributed by atoms with Crippen molar-refractivity contribution in [3.05, 3.63) is 47.4 Å². The first-order valence-corrected chi connectivity index (χ1v) is 10.7. The van der Waals surface area contributed by atoms with E-state index in [1.807, 2.05) is 11.4 Å². The summed E-state index contributed by atoms with van der Waals surface area (Å²) >= 11 is 0. The number of anilines is 2. The Morgan fingerprint density at radius 2 is 1.62 bits per heavy atom. The Morgan fingerprint density at radius 1 is 0.862 bits per heavy atom. The van der Waals surface area contributed by atoms with E-state index in [0.717, 1.165) is 68.9 Å². The first kappa shape index (κ1) is 18.4. The number of para-hydroxylation sites is 1. The molecule has 152 valence electrons. The van der Waals surface area contributed by atoms with Crippen LogP contribution in [0.1, 0.15) is 29.9 Å². The molecule has 29 heavy (non-hydrogen) atoms. The Balaban J connectivity index is 1.30. The zero-order chi connectivity index (χ0) is 19.8. The zero-order valence-corrected chi connectivity index (χ0v) is 17.4. The fourth-order valence-electron chi connectivity index (χ4n) is 4.51. The second-order valence-electron chi connectivity index (χ2n) is 8.24. The van der Waals surface area contributed by atoms with E-state index in [9.17, 15) is 0 Å². The zero-order valence-electron chi connectivity index (χ0n) is 17.4. The Bertz CT molecular complexity index is 998. The lowest BCUT2D eigenvalue weighted by Crippen LogP contribution is -2.46. The summed E-state index contributed by atoms with van der Waals surface area (Å²) in [5.41, 5.74) is 3.71. The third-order valence-corrected chi connectivity index (χ3v) is 6.09. The molecule has 2 aliphatic heterocycles. The summed E-state index contributed by atoms with van der Waals surface area (Å²) in [5, 5.41) is 4.83. The van der Waals surface area contributed by atoms with Crippen LogP contribution in [0, 0.1) is 13.8 Å². The number of aromatic nitrogens is 4. The molecule has 1 aromatic carbocycles. The van der Waals surface area contributed by atoms with Crippen LogP contribution < -0.4 is 9.80 Å². The molecular formula is C22H29N7. The van der Waals surface area contributed by atoms with E-state index in [2.05, 4.69) is 56.9 Å². The third-order valence-electron chi connectivity index (χ3n) is 6.09. The molecule has 0 radical (unpaired) electrons. The van der Waals surface area contributed by atoms with Crippen molar-refractivity contribution in [3.8, 4) is 0 Å². The smallest absolute Gasteiger partial charge is 0.254 e. The lowest BCUT2D eigenvalue weighted by Gasteiger charge is -2.36. The van der Waals surface area contributed by atoms with E-state index in [4.69, 9.17) is 10.1 Å². The molecule has 0 unspecified atom stereocenters. The number of hydrogen-bond donors (Lipinski definition) is 0. The van der Waals surface area contributed by atoms with E-state index in [0.29, 0.717) is 0 Å². The largest absolute Gasteiger partial charge is 0.369 e. The monoisotopic (exact) mass is 391 g/mol. The number of aryl methyl sites for hydroxylation is 2. The quantitative estimate of drug-likeness (QED) is 0.682. The van der Waals surface area contributed by atoms with Gasteiger partial charge in [-0.25, -0.2) is 4.98 Å². The number of fused-ring (bicyclic) bond motifs is 1. The van der Waals surface area contributed by atoms with E-state index in [1.54, 1.807) is 0 Å². The lowest BCUT2D eigenvalue weighted by atomic mass is 10.1. The summed E-state index contributed by atoms with van der Waals surface area (Å²) in [5.74, 6) is 2.72. The molecule has 0 aliphatic carbocycles. The van der Waals surface area contributed by atoms with Crippen molar-refractivity contribution in [1.82, 2.24) is 24.5 Å². The minimum Gasteiger partial charge on any atom is -0.369 e. The highest BCUT2D eigenvalue weighted by atomic mass is 15.4. The maximum Gasteiger partial charge on any atom is 0.254 e. The van der Waals surface area contributed by atoms with Crippen LogP contribution in [0.5, 0.6) is 0 Å². The topological polar surface area (TPSA) is 52.8 Å². The van der Waals surface area contributed by atoms with E-state index in [-0.39, 0.29) is 0 Å². The molecule has 2 aliphatic rings. The van der Waals surface area contributed by atoms with Crippen LogP contribution >= 0.6 is 0 Å². The number of nitrogens with zero attached hydrogens (tertiary/aromatic N) is 7. The summed E-state index contributed by atoms with van der Waals surface area (Å²) in [4.78, 5) is 16.7. The van der Waals surface area contributed by atoms with Crippen LogP contribution in [-0.4, -0.2) is 63.8 Å². The fraction of sp³-hybridized carbons (Fsp3) is 0.500. The molecule has 5 rings (SSSR count). The Kier molecular flexibility index (Phi) is 4.83. The fourth-order valence-corrected chi connectivity index (χ4v) is 4.51. The average Bonchev–Trinajstić information content (AvgIpc) is 3.38. The molecular weight excluding hydrogens is 362 g/mol. The van der Waals surface area contributed by atoms with Crippen molar-refractivity contribution in [2.75, 3.05) is 49.1 Å². The van der Waals surface area contributed by atoms with Gasteiger partial charge >= 0.3 is 0 Å². The highest BCUT2D eigenvalue weighted by Crippen LogP contribution is 2.23. The van der Waals surface area contributed by atoms with Gasteiger partial charge in [-0.2, -0.15) is 9.50 Å². The molecule has 3 aromatic rings. The van der Waals surface area contributed by atoms with Crippen molar-refractivity contribution in [2.24, 2.45) is 0 Å². The van der Waals surface area contributed by atoms with Gasteiger partial charge < -0.3 is 9.80 Å². The summed E-state index contributed by atoms with van der Waals surface area (Å²) in [6.07, 6.45) is 2.49. The number of benzene rings is 1. The Labute approximate surface area is 172 Å². The van der Waals surface area contributed by atoms with E-state index in [1.165, 1.54) is 24.1 Å². The molecule has 0 amide bonds. The van der Waals surface area contributed by atoms with Gasteiger partial charge in [0.25, 0.3) is 5.78 Å². The summed E-state index contributed by atoms with van der Waals surface area (Å²) in [6, 6.07) is 10.8. The molecule has 0 N–H and O–H groups in total. The van der Waals surface area contributed by atoms with Crippen LogP contribution in [0.2, 0.25) is 0 Å². The minimum atomic E-state index is 0.723. The highest BCUT2D eigenvalue weighted by molar-refractivity contribution is 5.53. The molecule has 4 heterocycles. The molecule has 0 spiro atoms. The number of piperazine rings is 1. The van der Waals surface area contributed by atoms with Gasteiger partial charge in [0.15, 0.2) is 5.82 Å². The third kappa shape index (κ3) is 3.67. The van der Waals surface area contributed by atoms with Gasteiger partial charge in [0.1, 0.15) is 5.82 Å². The number of rotatable bonds is 4. The van der Waals surface area contributed by atoms with Crippen LogP contribution in [0.3, 0.4) is 0 Å². The Morgan fingerprint density at radius 3 is 2.38 bits per heavy atom. The normalized spacial score (nSPS) is 18.1. The van der Waals surface area contributed by atoms with E-state index < -0.39 is 0 Å². The summed E-state index contributed by atoms with van der Waals surface area (Å²) in [6.45, 7) is 11.3. The van der Waals surface area contributed by atoms with Gasteiger partial charge in [-0.3, -0.25) is 4.90 Å². The standard InChI is InChI=1S/C22H29N7/c1-17-7-3-4-8-19(17)27-13-11-26(12-14-27)16-20-24-22-23-18(2)15-21(29(22)25-20)28-9-5-6-10-28/h3-4,7-8,15H,5-6,9-14,16H2,1-2H3. The maximum atomic E-state index is 4.83. The van der Waals surface area contributed by atoms with Crippen molar-refractivity contribution < 1.29 is 0 Å². The van der Waals surface area contributed by atoms with Crippen molar-refractivity contribution in [2.45, 2.75) is 33.2 Å². The molecule has 0 atom stereocenters. The van der Waals surface area contributed by atoms with E-state index >= 15 is 0 Å². The maximum absolute atomic E-state index is 4.83. The first-order valence-electron chi connectivity index (χ1n) is 10.7. The van der Waals surface area contributed by atoms with Gasteiger partial charge in [-0.05, 0) is 38.3 Å².